The van der Waals surface area contributed by atoms with Crippen LogP contribution in [0.15, 0.2) is 48.8 Å². The van der Waals surface area contributed by atoms with E-state index in [2.05, 4.69) is 31.1 Å². The van der Waals surface area contributed by atoms with Crippen molar-refractivity contribution in [3.8, 4) is 11.5 Å². The van der Waals surface area contributed by atoms with Crippen LogP contribution in [-0.4, -0.2) is 35.1 Å². The van der Waals surface area contributed by atoms with Gasteiger partial charge in [-0.1, -0.05) is 11.3 Å². The molecule has 0 saturated heterocycles. The number of rotatable bonds is 7. The first-order valence-electron chi connectivity index (χ1n) is 9.10. The molecule has 4 aromatic rings. The minimum absolute atomic E-state index is 0.231. The molecule has 0 fully saturated rings. The quantitative estimate of drug-likeness (QED) is 0.321. The van der Waals surface area contributed by atoms with Crippen LogP contribution in [-0.2, 0) is 0 Å². The van der Waals surface area contributed by atoms with Gasteiger partial charge in [0.2, 0.25) is 0 Å². The van der Waals surface area contributed by atoms with Crippen LogP contribution in [0.4, 0.5) is 22.5 Å². The van der Waals surface area contributed by atoms with Crippen LogP contribution < -0.4 is 31.4 Å². The van der Waals surface area contributed by atoms with Crippen LogP contribution in [0.3, 0.4) is 0 Å². The van der Waals surface area contributed by atoms with Crippen molar-refractivity contribution in [3.63, 3.8) is 0 Å². The molecule has 0 aliphatic heterocycles. The van der Waals surface area contributed by atoms with Crippen molar-refractivity contribution in [2.45, 2.75) is 0 Å². The number of nitrogen functional groups attached to an aromatic ring is 1. The zero-order chi connectivity index (χ0) is 21.8. The molecule has 2 aromatic carbocycles. The molecular formula is C20H19N7O3S. The molecule has 0 aliphatic rings. The zero-order valence-electron chi connectivity index (χ0n) is 16.7. The number of carbonyl (C=O) groups is 1. The summed E-state index contributed by atoms with van der Waals surface area (Å²) in [4.78, 5) is 25.1. The van der Waals surface area contributed by atoms with Gasteiger partial charge in [-0.15, -0.1) is 0 Å². The SMILES string of the molecule is COc1ccc(C(=O)NNc2ncnc(Nc3nc4ccc(OC)cc4s3)c2N)cc1. The lowest BCUT2D eigenvalue weighted by Gasteiger charge is -2.12. The van der Waals surface area contributed by atoms with E-state index < -0.39 is 0 Å². The Balaban J connectivity index is 1.47. The highest BCUT2D eigenvalue weighted by atomic mass is 32.1. The van der Waals surface area contributed by atoms with Gasteiger partial charge in [-0.3, -0.25) is 15.6 Å². The molecule has 10 nitrogen and oxygen atoms in total. The fourth-order valence-corrected chi connectivity index (χ4v) is 3.61. The van der Waals surface area contributed by atoms with Crippen molar-refractivity contribution in [2.24, 2.45) is 0 Å². The number of carbonyl (C=O) groups excluding carboxylic acids is 1. The predicted molar refractivity (Wildman–Crippen MR) is 120 cm³/mol. The summed E-state index contributed by atoms with van der Waals surface area (Å²) in [7, 11) is 3.18. The van der Waals surface area contributed by atoms with Crippen LogP contribution >= 0.6 is 11.3 Å². The second-order valence-electron chi connectivity index (χ2n) is 6.27. The molecule has 0 bridgehead atoms. The molecule has 2 aromatic heterocycles. The molecule has 11 heteroatoms. The maximum atomic E-state index is 12.3. The smallest absolute Gasteiger partial charge is 0.269 e. The standard InChI is InChI=1S/C20H19N7O3S/c1-29-12-5-3-11(4-6-12)19(28)27-26-18-16(21)17(22-10-23-18)25-20-24-14-8-7-13(30-2)9-15(14)31-20/h3-10H,21H2,1-2H3,(H,27,28)(H2,22,23,24,25,26). The Hall–Kier alpha value is -4.12. The number of nitrogens with zero attached hydrogens (tertiary/aromatic N) is 3. The van der Waals surface area contributed by atoms with Crippen molar-refractivity contribution < 1.29 is 14.3 Å². The minimum atomic E-state index is -0.352. The Morgan fingerprint density at radius 1 is 1.00 bits per heavy atom. The van der Waals surface area contributed by atoms with E-state index >= 15 is 0 Å². The van der Waals surface area contributed by atoms with Crippen LogP contribution in [0, 0.1) is 0 Å². The second-order valence-corrected chi connectivity index (χ2v) is 7.30. The summed E-state index contributed by atoms with van der Waals surface area (Å²) in [5.74, 6) is 1.68. The largest absolute Gasteiger partial charge is 0.497 e. The van der Waals surface area contributed by atoms with Gasteiger partial charge in [0.15, 0.2) is 16.8 Å². The first-order chi connectivity index (χ1) is 15.1. The van der Waals surface area contributed by atoms with Gasteiger partial charge in [-0.2, -0.15) is 0 Å². The number of aromatic nitrogens is 3. The van der Waals surface area contributed by atoms with Crippen molar-refractivity contribution in [2.75, 3.05) is 30.7 Å². The van der Waals surface area contributed by atoms with E-state index in [9.17, 15) is 4.79 Å². The van der Waals surface area contributed by atoms with E-state index in [1.165, 1.54) is 17.7 Å². The van der Waals surface area contributed by atoms with E-state index in [4.69, 9.17) is 15.2 Å². The number of methoxy groups -OCH3 is 2. The molecule has 158 valence electrons. The first-order valence-corrected chi connectivity index (χ1v) is 9.91. The summed E-state index contributed by atoms with van der Waals surface area (Å²) >= 11 is 1.44. The van der Waals surface area contributed by atoms with Crippen molar-refractivity contribution in [3.05, 3.63) is 54.4 Å². The van der Waals surface area contributed by atoms with Crippen molar-refractivity contribution in [1.29, 1.82) is 0 Å². The van der Waals surface area contributed by atoms with Gasteiger partial charge in [0.05, 0.1) is 24.4 Å². The summed E-state index contributed by atoms with van der Waals surface area (Å²) in [5, 5.41) is 3.71. The maximum absolute atomic E-state index is 12.3. The average molecular weight is 437 g/mol. The lowest BCUT2D eigenvalue weighted by Crippen LogP contribution is -2.30. The van der Waals surface area contributed by atoms with Crippen molar-refractivity contribution in [1.82, 2.24) is 20.4 Å². The lowest BCUT2D eigenvalue weighted by atomic mass is 10.2. The Labute approximate surface area is 181 Å². The maximum Gasteiger partial charge on any atom is 0.269 e. The molecule has 31 heavy (non-hydrogen) atoms. The summed E-state index contributed by atoms with van der Waals surface area (Å²) < 4.78 is 11.3. The first kappa shape index (κ1) is 20.2. The van der Waals surface area contributed by atoms with Gasteiger partial charge in [0.25, 0.3) is 5.91 Å². The third kappa shape index (κ3) is 4.41. The van der Waals surface area contributed by atoms with E-state index in [-0.39, 0.29) is 17.4 Å². The number of nitrogens with one attached hydrogen (secondary N) is 3. The van der Waals surface area contributed by atoms with E-state index in [1.54, 1.807) is 38.5 Å². The summed E-state index contributed by atoms with van der Waals surface area (Å²) in [5.41, 5.74) is 13.0. The second kappa shape index (κ2) is 8.71. The number of hydrogen-bond acceptors (Lipinski definition) is 10. The fourth-order valence-electron chi connectivity index (χ4n) is 2.71. The number of thiazole rings is 1. The molecule has 0 aliphatic carbocycles. The molecule has 0 spiro atoms. The Morgan fingerprint density at radius 3 is 2.45 bits per heavy atom. The average Bonchev–Trinajstić information content (AvgIpc) is 3.21. The fraction of sp³-hybridized carbons (Fsp3) is 0.100. The predicted octanol–water partition coefficient (Wildman–Crippen LogP) is 3.19. The number of ether oxygens (including phenoxy) is 2. The number of anilines is 4. The molecule has 4 rings (SSSR count). The summed E-state index contributed by atoms with van der Waals surface area (Å²) in [6, 6.07) is 12.3. The Bertz CT molecular complexity index is 1230. The third-order valence-electron chi connectivity index (χ3n) is 4.35. The topological polar surface area (TPSA) is 136 Å². The van der Waals surface area contributed by atoms with Gasteiger partial charge in [-0.05, 0) is 42.5 Å². The summed E-state index contributed by atoms with van der Waals surface area (Å²) in [6.07, 6.45) is 1.33. The van der Waals surface area contributed by atoms with Gasteiger partial charge in [0, 0.05) is 5.56 Å². The summed E-state index contributed by atoms with van der Waals surface area (Å²) in [6.45, 7) is 0. The van der Waals surface area contributed by atoms with Crippen molar-refractivity contribution >= 4 is 49.9 Å². The molecule has 0 saturated carbocycles. The van der Waals surface area contributed by atoms with Gasteiger partial charge >= 0.3 is 0 Å². The molecule has 1 amide bonds. The zero-order valence-corrected chi connectivity index (χ0v) is 17.5. The van der Waals surface area contributed by atoms with Gasteiger partial charge in [0.1, 0.15) is 23.5 Å². The third-order valence-corrected chi connectivity index (χ3v) is 5.29. The highest BCUT2D eigenvalue weighted by Crippen LogP contribution is 2.32. The van der Waals surface area contributed by atoms with E-state index in [1.807, 2.05) is 18.2 Å². The normalized spacial score (nSPS) is 10.5. The molecular weight excluding hydrogens is 418 g/mol. The molecule has 5 N–H and O–H groups in total. The highest BCUT2D eigenvalue weighted by Gasteiger charge is 2.13. The van der Waals surface area contributed by atoms with Crippen LogP contribution in [0.2, 0.25) is 0 Å². The number of benzene rings is 2. The molecule has 0 atom stereocenters. The van der Waals surface area contributed by atoms with Crippen LogP contribution in [0.5, 0.6) is 11.5 Å². The molecule has 2 heterocycles. The van der Waals surface area contributed by atoms with Crippen LogP contribution in [0.1, 0.15) is 10.4 Å². The minimum Gasteiger partial charge on any atom is -0.497 e. The Kier molecular flexibility index (Phi) is 5.67. The van der Waals surface area contributed by atoms with Crippen LogP contribution in [0.25, 0.3) is 10.2 Å². The number of hydrazine groups is 1. The number of hydrogen-bond donors (Lipinski definition) is 4. The Morgan fingerprint density at radius 2 is 1.71 bits per heavy atom. The number of fused-ring (bicyclic) bond motifs is 1. The monoisotopic (exact) mass is 437 g/mol. The number of amides is 1. The molecule has 0 radical (unpaired) electrons. The lowest BCUT2D eigenvalue weighted by molar-refractivity contribution is 0.0962. The van der Waals surface area contributed by atoms with E-state index in [0.29, 0.717) is 22.3 Å². The van der Waals surface area contributed by atoms with Gasteiger partial charge < -0.3 is 20.5 Å². The highest BCUT2D eigenvalue weighted by molar-refractivity contribution is 7.22. The van der Waals surface area contributed by atoms with E-state index in [0.717, 1.165) is 16.0 Å². The molecule has 0 unspecified atom stereocenters. The number of nitrogens with two attached hydrogens (primary N) is 1. The van der Waals surface area contributed by atoms with Gasteiger partial charge in [-0.25, -0.2) is 15.0 Å².